The van der Waals surface area contributed by atoms with Gasteiger partial charge >= 0.3 is 0 Å². The van der Waals surface area contributed by atoms with E-state index in [1.807, 2.05) is 0 Å². The molecule has 0 saturated carbocycles. The molecule has 0 aliphatic rings. The van der Waals surface area contributed by atoms with E-state index in [1.165, 1.54) is 6.07 Å². The maximum atomic E-state index is 13.0. The first-order valence-corrected chi connectivity index (χ1v) is 5.97. The molecule has 1 aromatic heterocycles. The third kappa shape index (κ3) is 2.80. The molecule has 0 saturated heterocycles. The normalized spacial score (nSPS) is 10.2. The summed E-state index contributed by atoms with van der Waals surface area (Å²) in [6.45, 7) is 0. The quantitative estimate of drug-likeness (QED) is 0.796. The van der Waals surface area contributed by atoms with Crippen molar-refractivity contribution < 1.29 is 9.13 Å². The van der Waals surface area contributed by atoms with Crippen LogP contribution in [0.15, 0.2) is 45.6 Å². The molecule has 82 valence electrons. The molecule has 5 heteroatoms. The van der Waals surface area contributed by atoms with Crippen molar-refractivity contribution in [1.29, 1.82) is 0 Å². The highest BCUT2D eigenvalue weighted by Crippen LogP contribution is 2.27. The summed E-state index contributed by atoms with van der Waals surface area (Å²) >= 11 is 6.38. The van der Waals surface area contributed by atoms with Crippen molar-refractivity contribution in [2.45, 2.75) is 0 Å². The highest BCUT2D eigenvalue weighted by Gasteiger charge is 2.03. The molecular formula is C11H6Br2FNO. The Morgan fingerprint density at radius 2 is 1.88 bits per heavy atom. The summed E-state index contributed by atoms with van der Waals surface area (Å²) in [5, 5.41) is 0. The summed E-state index contributed by atoms with van der Waals surface area (Å²) in [6.07, 6.45) is 3.25. The molecule has 0 atom stereocenters. The molecule has 0 fully saturated rings. The van der Waals surface area contributed by atoms with Crippen LogP contribution in [0.1, 0.15) is 0 Å². The molecule has 2 rings (SSSR count). The molecule has 1 heterocycles. The van der Waals surface area contributed by atoms with Crippen molar-refractivity contribution in [3.8, 4) is 11.5 Å². The molecule has 0 spiro atoms. The van der Waals surface area contributed by atoms with Crippen molar-refractivity contribution in [3.05, 3.63) is 51.4 Å². The minimum absolute atomic E-state index is 0.320. The van der Waals surface area contributed by atoms with E-state index in [2.05, 4.69) is 36.8 Å². The Labute approximate surface area is 109 Å². The second-order valence-corrected chi connectivity index (χ2v) is 4.79. The largest absolute Gasteiger partial charge is 0.456 e. The molecule has 2 nitrogen and oxygen atoms in total. The Bertz CT molecular complexity index is 519. The second-order valence-electron chi connectivity index (χ2n) is 3.02. The van der Waals surface area contributed by atoms with E-state index in [0.29, 0.717) is 16.0 Å². The maximum absolute atomic E-state index is 13.0. The van der Waals surface area contributed by atoms with Gasteiger partial charge in [0, 0.05) is 10.7 Å². The summed E-state index contributed by atoms with van der Waals surface area (Å²) < 4.78 is 19.7. The first-order chi connectivity index (χ1) is 7.65. The summed E-state index contributed by atoms with van der Waals surface area (Å²) in [5.41, 5.74) is 0. The van der Waals surface area contributed by atoms with Gasteiger partial charge in [0.05, 0.1) is 10.7 Å². The van der Waals surface area contributed by atoms with Crippen LogP contribution in [-0.4, -0.2) is 4.98 Å². The average molecular weight is 347 g/mol. The van der Waals surface area contributed by atoms with Crippen LogP contribution in [0, 0.1) is 5.82 Å². The van der Waals surface area contributed by atoms with Crippen molar-refractivity contribution in [2.24, 2.45) is 0 Å². The molecule has 0 radical (unpaired) electrons. The molecule has 1 aromatic carbocycles. The summed E-state index contributed by atoms with van der Waals surface area (Å²) in [5.74, 6) is 0.820. The Morgan fingerprint density at radius 1 is 1.06 bits per heavy atom. The molecule has 0 bridgehead atoms. The van der Waals surface area contributed by atoms with Crippen LogP contribution in [0.3, 0.4) is 0 Å². The standard InChI is InChI=1S/C11H6Br2FNO/c12-7-3-9(6-15-5-7)16-8-1-2-11(14)10(13)4-8/h1-6H. The van der Waals surface area contributed by atoms with E-state index < -0.39 is 0 Å². The third-order valence-electron chi connectivity index (χ3n) is 1.81. The molecule has 0 aliphatic heterocycles. The van der Waals surface area contributed by atoms with Crippen LogP contribution in [-0.2, 0) is 0 Å². The molecule has 0 amide bonds. The highest BCUT2D eigenvalue weighted by atomic mass is 79.9. The van der Waals surface area contributed by atoms with Crippen molar-refractivity contribution >= 4 is 31.9 Å². The summed E-state index contributed by atoms with van der Waals surface area (Å²) in [6, 6.07) is 6.24. The number of rotatable bonds is 2. The lowest BCUT2D eigenvalue weighted by atomic mass is 10.3. The van der Waals surface area contributed by atoms with Gasteiger partial charge in [0.2, 0.25) is 0 Å². The first-order valence-electron chi connectivity index (χ1n) is 4.38. The number of hydrogen-bond acceptors (Lipinski definition) is 2. The van der Waals surface area contributed by atoms with Crippen LogP contribution >= 0.6 is 31.9 Å². The van der Waals surface area contributed by atoms with Gasteiger partial charge in [-0.25, -0.2) is 4.39 Å². The number of benzene rings is 1. The monoisotopic (exact) mass is 345 g/mol. The van der Waals surface area contributed by atoms with Gasteiger partial charge in [0.25, 0.3) is 0 Å². The maximum Gasteiger partial charge on any atom is 0.146 e. The van der Waals surface area contributed by atoms with E-state index in [-0.39, 0.29) is 5.82 Å². The van der Waals surface area contributed by atoms with Crippen molar-refractivity contribution in [1.82, 2.24) is 4.98 Å². The van der Waals surface area contributed by atoms with E-state index in [9.17, 15) is 4.39 Å². The van der Waals surface area contributed by atoms with Gasteiger partial charge in [-0.2, -0.15) is 0 Å². The molecular weight excluding hydrogens is 341 g/mol. The summed E-state index contributed by atoms with van der Waals surface area (Å²) in [7, 11) is 0. The van der Waals surface area contributed by atoms with Crippen LogP contribution in [0.4, 0.5) is 4.39 Å². The van der Waals surface area contributed by atoms with E-state index in [1.54, 1.807) is 30.6 Å². The zero-order chi connectivity index (χ0) is 11.5. The lowest BCUT2D eigenvalue weighted by molar-refractivity contribution is 0.477. The van der Waals surface area contributed by atoms with E-state index in [0.717, 1.165) is 4.47 Å². The fraction of sp³-hybridized carbons (Fsp3) is 0. The van der Waals surface area contributed by atoms with Gasteiger partial charge in [-0.1, -0.05) is 0 Å². The predicted octanol–water partition coefficient (Wildman–Crippen LogP) is 4.54. The smallest absolute Gasteiger partial charge is 0.146 e. The van der Waals surface area contributed by atoms with Gasteiger partial charge in [0.15, 0.2) is 0 Å². The Kier molecular flexibility index (Phi) is 3.56. The fourth-order valence-corrected chi connectivity index (χ4v) is 1.83. The first kappa shape index (κ1) is 11.5. The van der Waals surface area contributed by atoms with Crippen LogP contribution in [0.25, 0.3) is 0 Å². The molecule has 0 aliphatic carbocycles. The van der Waals surface area contributed by atoms with Crippen molar-refractivity contribution in [3.63, 3.8) is 0 Å². The second kappa shape index (κ2) is 4.93. The molecule has 2 aromatic rings. The van der Waals surface area contributed by atoms with Gasteiger partial charge in [0.1, 0.15) is 17.3 Å². The summed E-state index contributed by atoms with van der Waals surface area (Å²) in [4.78, 5) is 3.96. The third-order valence-corrected chi connectivity index (χ3v) is 2.85. The topological polar surface area (TPSA) is 22.1 Å². The minimum atomic E-state index is -0.320. The predicted molar refractivity (Wildman–Crippen MR) is 66.1 cm³/mol. The van der Waals surface area contributed by atoms with Gasteiger partial charge in [-0.05, 0) is 56.1 Å². The van der Waals surface area contributed by atoms with E-state index >= 15 is 0 Å². The Hall–Kier alpha value is -0.940. The number of nitrogens with zero attached hydrogens (tertiary/aromatic N) is 1. The molecule has 0 unspecified atom stereocenters. The average Bonchev–Trinajstić information content (AvgIpc) is 2.24. The van der Waals surface area contributed by atoms with Crippen LogP contribution < -0.4 is 4.74 Å². The number of aromatic nitrogens is 1. The van der Waals surface area contributed by atoms with Crippen LogP contribution in [0.2, 0.25) is 0 Å². The lowest BCUT2D eigenvalue weighted by Crippen LogP contribution is -1.86. The number of pyridine rings is 1. The number of halogens is 3. The van der Waals surface area contributed by atoms with Gasteiger partial charge in [-0.15, -0.1) is 0 Å². The van der Waals surface area contributed by atoms with Crippen molar-refractivity contribution in [2.75, 3.05) is 0 Å². The van der Waals surface area contributed by atoms with Crippen LogP contribution in [0.5, 0.6) is 11.5 Å². The van der Waals surface area contributed by atoms with Gasteiger partial charge in [-0.3, -0.25) is 4.98 Å². The Balaban J connectivity index is 2.24. The Morgan fingerprint density at radius 3 is 2.56 bits per heavy atom. The zero-order valence-corrected chi connectivity index (χ0v) is 11.1. The molecule has 16 heavy (non-hydrogen) atoms. The number of hydrogen-bond donors (Lipinski definition) is 0. The molecule has 0 N–H and O–H groups in total. The fourth-order valence-electron chi connectivity index (χ4n) is 1.12. The van der Waals surface area contributed by atoms with E-state index in [4.69, 9.17) is 4.74 Å². The zero-order valence-electron chi connectivity index (χ0n) is 7.95. The van der Waals surface area contributed by atoms with Gasteiger partial charge < -0.3 is 4.74 Å². The minimum Gasteiger partial charge on any atom is -0.456 e. The number of ether oxygens (including phenoxy) is 1. The highest BCUT2D eigenvalue weighted by molar-refractivity contribution is 9.10. The SMILES string of the molecule is Fc1ccc(Oc2cncc(Br)c2)cc1Br. The lowest BCUT2D eigenvalue weighted by Gasteiger charge is -2.06.